The Balaban J connectivity index is 2.32. The first-order valence-electron chi connectivity index (χ1n) is 7.30. The SMILES string of the molecule is C=CCCCC(C)NC(=O)NC1CCCC1(C)CO. The topological polar surface area (TPSA) is 61.4 Å². The predicted octanol–water partition coefficient (Wildman–Crippen LogP) is 2.58. The van der Waals surface area contributed by atoms with Crippen LogP contribution in [0.3, 0.4) is 0 Å². The van der Waals surface area contributed by atoms with Gasteiger partial charge in [-0.2, -0.15) is 0 Å². The summed E-state index contributed by atoms with van der Waals surface area (Å²) >= 11 is 0. The number of hydrogen-bond donors (Lipinski definition) is 3. The molecular formula is C15H28N2O2. The zero-order chi connectivity index (χ0) is 14.3. The fourth-order valence-electron chi connectivity index (χ4n) is 2.73. The minimum absolute atomic E-state index is 0.0814. The van der Waals surface area contributed by atoms with Gasteiger partial charge in [0.1, 0.15) is 0 Å². The fraction of sp³-hybridized carbons (Fsp3) is 0.800. The van der Waals surface area contributed by atoms with Crippen molar-refractivity contribution in [1.82, 2.24) is 10.6 Å². The first kappa shape index (κ1) is 16.0. The van der Waals surface area contributed by atoms with Crippen molar-refractivity contribution in [2.75, 3.05) is 6.61 Å². The molecule has 4 nitrogen and oxygen atoms in total. The molecule has 4 heteroatoms. The number of aliphatic hydroxyl groups excluding tert-OH is 1. The van der Waals surface area contributed by atoms with Gasteiger partial charge in [-0.25, -0.2) is 4.79 Å². The van der Waals surface area contributed by atoms with Gasteiger partial charge in [0.05, 0.1) is 6.61 Å². The Hall–Kier alpha value is -1.03. The number of carbonyl (C=O) groups excluding carboxylic acids is 1. The van der Waals surface area contributed by atoms with Gasteiger partial charge in [0.2, 0.25) is 0 Å². The van der Waals surface area contributed by atoms with Crippen LogP contribution in [0.1, 0.15) is 52.4 Å². The highest BCUT2D eigenvalue weighted by molar-refractivity contribution is 5.74. The molecule has 2 amide bonds. The Labute approximate surface area is 116 Å². The Morgan fingerprint density at radius 1 is 1.63 bits per heavy atom. The molecule has 3 N–H and O–H groups in total. The number of nitrogens with one attached hydrogen (secondary N) is 2. The van der Waals surface area contributed by atoms with Crippen molar-refractivity contribution < 1.29 is 9.90 Å². The summed E-state index contributed by atoms with van der Waals surface area (Å²) in [6.45, 7) is 7.88. The van der Waals surface area contributed by atoms with E-state index in [0.717, 1.165) is 38.5 Å². The summed E-state index contributed by atoms with van der Waals surface area (Å²) in [5.41, 5.74) is -0.163. The van der Waals surface area contributed by atoms with Crippen LogP contribution in [0.25, 0.3) is 0 Å². The Bertz CT molecular complexity index is 307. The Morgan fingerprint density at radius 3 is 3.00 bits per heavy atom. The molecule has 0 bridgehead atoms. The van der Waals surface area contributed by atoms with E-state index in [4.69, 9.17) is 0 Å². The van der Waals surface area contributed by atoms with Crippen molar-refractivity contribution in [1.29, 1.82) is 0 Å². The Morgan fingerprint density at radius 2 is 2.37 bits per heavy atom. The number of allylic oxidation sites excluding steroid dienone is 1. The molecule has 1 aliphatic carbocycles. The van der Waals surface area contributed by atoms with E-state index in [9.17, 15) is 9.90 Å². The maximum Gasteiger partial charge on any atom is 0.315 e. The number of rotatable bonds is 7. The van der Waals surface area contributed by atoms with E-state index in [1.54, 1.807) is 0 Å². The van der Waals surface area contributed by atoms with E-state index in [1.807, 2.05) is 19.9 Å². The molecule has 0 saturated heterocycles. The molecule has 3 atom stereocenters. The summed E-state index contributed by atoms with van der Waals surface area (Å²) in [7, 11) is 0. The van der Waals surface area contributed by atoms with Crippen LogP contribution in [0, 0.1) is 5.41 Å². The first-order chi connectivity index (χ1) is 9.01. The van der Waals surface area contributed by atoms with Gasteiger partial charge >= 0.3 is 6.03 Å². The zero-order valence-corrected chi connectivity index (χ0v) is 12.2. The third-order valence-electron chi connectivity index (χ3n) is 4.17. The van der Waals surface area contributed by atoms with E-state index in [-0.39, 0.29) is 30.1 Å². The van der Waals surface area contributed by atoms with Crippen molar-refractivity contribution >= 4 is 6.03 Å². The molecule has 0 aromatic rings. The Kier molecular flexibility index (Phi) is 6.35. The van der Waals surface area contributed by atoms with Crippen LogP contribution < -0.4 is 10.6 Å². The summed E-state index contributed by atoms with van der Waals surface area (Å²) in [5.74, 6) is 0. The van der Waals surface area contributed by atoms with Gasteiger partial charge in [0.25, 0.3) is 0 Å². The molecule has 110 valence electrons. The highest BCUT2D eigenvalue weighted by Crippen LogP contribution is 2.37. The molecule has 3 unspecified atom stereocenters. The first-order valence-corrected chi connectivity index (χ1v) is 7.30. The van der Waals surface area contributed by atoms with Gasteiger partial charge in [-0.3, -0.25) is 0 Å². The molecule has 1 aliphatic rings. The van der Waals surface area contributed by atoms with E-state index in [2.05, 4.69) is 17.2 Å². The maximum atomic E-state index is 11.9. The summed E-state index contributed by atoms with van der Waals surface area (Å²) in [5, 5.41) is 15.4. The van der Waals surface area contributed by atoms with Crippen molar-refractivity contribution in [3.63, 3.8) is 0 Å². The molecule has 1 fully saturated rings. The summed E-state index contributed by atoms with van der Waals surface area (Å²) in [4.78, 5) is 11.9. The second-order valence-corrected chi connectivity index (χ2v) is 6.00. The lowest BCUT2D eigenvalue weighted by molar-refractivity contribution is 0.120. The van der Waals surface area contributed by atoms with E-state index >= 15 is 0 Å². The molecule has 1 rings (SSSR count). The zero-order valence-electron chi connectivity index (χ0n) is 12.2. The van der Waals surface area contributed by atoms with Crippen LogP contribution in [0.4, 0.5) is 4.79 Å². The van der Waals surface area contributed by atoms with Crippen molar-refractivity contribution in [3.05, 3.63) is 12.7 Å². The van der Waals surface area contributed by atoms with E-state index in [1.165, 1.54) is 0 Å². The van der Waals surface area contributed by atoms with Gasteiger partial charge < -0.3 is 15.7 Å². The molecule has 0 radical (unpaired) electrons. The summed E-state index contributed by atoms with van der Waals surface area (Å²) in [6.07, 6.45) is 7.89. The number of unbranched alkanes of at least 4 members (excludes halogenated alkanes) is 1. The minimum Gasteiger partial charge on any atom is -0.396 e. The fourth-order valence-corrected chi connectivity index (χ4v) is 2.73. The van der Waals surface area contributed by atoms with Crippen LogP contribution in [0.5, 0.6) is 0 Å². The highest BCUT2D eigenvalue weighted by atomic mass is 16.3. The van der Waals surface area contributed by atoms with Crippen molar-refractivity contribution in [2.45, 2.75) is 64.5 Å². The highest BCUT2D eigenvalue weighted by Gasteiger charge is 2.39. The monoisotopic (exact) mass is 268 g/mol. The molecule has 0 aromatic heterocycles. The normalized spacial score (nSPS) is 27.8. The number of aliphatic hydroxyl groups is 1. The third-order valence-corrected chi connectivity index (χ3v) is 4.17. The molecule has 1 saturated carbocycles. The van der Waals surface area contributed by atoms with Crippen molar-refractivity contribution in [2.24, 2.45) is 5.41 Å². The smallest absolute Gasteiger partial charge is 0.315 e. The van der Waals surface area contributed by atoms with Crippen molar-refractivity contribution in [3.8, 4) is 0 Å². The lowest BCUT2D eigenvalue weighted by atomic mass is 9.86. The molecular weight excluding hydrogens is 240 g/mol. The molecule has 0 spiro atoms. The third kappa shape index (κ3) is 4.86. The van der Waals surface area contributed by atoms with Gasteiger partial charge in [-0.05, 0) is 39.0 Å². The minimum atomic E-state index is -0.163. The number of amides is 2. The molecule has 0 aromatic carbocycles. The number of carbonyl (C=O) groups is 1. The molecule has 19 heavy (non-hydrogen) atoms. The van der Waals surface area contributed by atoms with Gasteiger partial charge in [0, 0.05) is 17.5 Å². The van der Waals surface area contributed by atoms with Crippen LogP contribution in [0.2, 0.25) is 0 Å². The van der Waals surface area contributed by atoms with Gasteiger partial charge in [0.15, 0.2) is 0 Å². The molecule has 0 aliphatic heterocycles. The molecule has 0 heterocycles. The average Bonchev–Trinajstić information content (AvgIpc) is 2.72. The lowest BCUT2D eigenvalue weighted by Crippen LogP contribution is -2.50. The van der Waals surface area contributed by atoms with Gasteiger partial charge in [-0.1, -0.05) is 19.4 Å². The summed E-state index contributed by atoms with van der Waals surface area (Å²) in [6, 6.07) is 0.136. The van der Waals surface area contributed by atoms with Crippen LogP contribution in [-0.2, 0) is 0 Å². The van der Waals surface area contributed by atoms with Gasteiger partial charge in [-0.15, -0.1) is 6.58 Å². The van der Waals surface area contributed by atoms with E-state index in [0.29, 0.717) is 0 Å². The van der Waals surface area contributed by atoms with Crippen LogP contribution in [-0.4, -0.2) is 29.8 Å². The average molecular weight is 268 g/mol. The summed E-state index contributed by atoms with van der Waals surface area (Å²) < 4.78 is 0. The van der Waals surface area contributed by atoms with E-state index < -0.39 is 0 Å². The number of urea groups is 1. The largest absolute Gasteiger partial charge is 0.396 e. The lowest BCUT2D eigenvalue weighted by Gasteiger charge is -2.30. The maximum absolute atomic E-state index is 11.9. The van der Waals surface area contributed by atoms with Crippen LogP contribution >= 0.6 is 0 Å². The predicted molar refractivity (Wildman–Crippen MR) is 78.0 cm³/mol. The second kappa shape index (κ2) is 7.53. The quantitative estimate of drug-likeness (QED) is 0.491. The van der Waals surface area contributed by atoms with Crippen LogP contribution in [0.15, 0.2) is 12.7 Å². The standard InChI is InChI=1S/C15H28N2O2/c1-4-5-6-8-12(2)16-14(19)17-13-9-7-10-15(13,3)11-18/h4,12-13,18H,1,5-11H2,2-3H3,(H2,16,17,19). The number of hydrogen-bond acceptors (Lipinski definition) is 2. The second-order valence-electron chi connectivity index (χ2n) is 6.00.